The van der Waals surface area contributed by atoms with Crippen LogP contribution in [0.25, 0.3) is 0 Å². The van der Waals surface area contributed by atoms with Crippen molar-refractivity contribution in [3.05, 3.63) is 12.2 Å². The van der Waals surface area contributed by atoms with Gasteiger partial charge in [-0.25, -0.2) is 9.59 Å². The average molecular weight is 1430 g/mol. The Morgan fingerprint density at radius 2 is 1.00 bits per heavy atom. The quantitative estimate of drug-likeness (QED) is 0.0154. The Kier molecular flexibility index (Phi) is 39.0. The molecule has 37 nitrogen and oxygen atoms in total. The van der Waals surface area contributed by atoms with Gasteiger partial charge >= 0.3 is 17.9 Å². The second kappa shape index (κ2) is 44.6. The maximum Gasteiger partial charge on any atom is 0.333 e. The van der Waals surface area contributed by atoms with Crippen molar-refractivity contribution in [2.75, 3.05) is 93.3 Å². The van der Waals surface area contributed by atoms with Gasteiger partial charge in [0.2, 0.25) is 23.6 Å². The molecule has 0 saturated carbocycles. The highest BCUT2D eigenvalue weighted by atomic mass is 16.8. The molecule has 0 aliphatic carbocycles. The van der Waals surface area contributed by atoms with Crippen LogP contribution in [-0.4, -0.2) is 333 Å². The fourth-order valence-corrected chi connectivity index (χ4v) is 11.6. The van der Waals surface area contributed by atoms with E-state index in [-0.39, 0.29) is 50.7 Å². The van der Waals surface area contributed by atoms with Crippen molar-refractivity contribution in [2.24, 2.45) is 11.7 Å². The summed E-state index contributed by atoms with van der Waals surface area (Å²) >= 11 is 0. The predicted molar refractivity (Wildman–Crippen MR) is 340 cm³/mol. The van der Waals surface area contributed by atoms with E-state index in [9.17, 15) is 74.4 Å². The molecule has 18 N–H and O–H groups in total. The van der Waals surface area contributed by atoms with Crippen molar-refractivity contribution >= 4 is 41.5 Å². The van der Waals surface area contributed by atoms with Crippen LogP contribution in [0.15, 0.2) is 12.2 Å². The molecule has 5 aliphatic rings. The van der Waals surface area contributed by atoms with Crippen LogP contribution >= 0.6 is 0 Å². The van der Waals surface area contributed by atoms with Gasteiger partial charge in [0.25, 0.3) is 0 Å². The number of carbonyl (C=O) groups is 7. The molecule has 5 rings (SSSR count). The summed E-state index contributed by atoms with van der Waals surface area (Å²) in [7, 11) is 2.63. The normalized spacial score (nSPS) is 34.6. The molecule has 572 valence electrons. The molecule has 5 fully saturated rings. The van der Waals surface area contributed by atoms with E-state index in [1.807, 2.05) is 13.8 Å². The lowest BCUT2D eigenvalue weighted by atomic mass is 9.88. The molecule has 37 heteroatoms. The van der Waals surface area contributed by atoms with Gasteiger partial charge < -0.3 is 145 Å². The zero-order valence-electron chi connectivity index (χ0n) is 57.5. The Hall–Kier alpha value is -4.89. The van der Waals surface area contributed by atoms with Gasteiger partial charge in [-0.3, -0.25) is 29.3 Å². The Morgan fingerprint density at radius 1 is 0.525 bits per heavy atom. The number of carbonyl (C=O) groups excluding carboxylic acids is 5. The van der Waals surface area contributed by atoms with E-state index in [1.54, 1.807) is 20.8 Å². The molecule has 5 heterocycles. The van der Waals surface area contributed by atoms with Crippen molar-refractivity contribution in [1.82, 2.24) is 31.9 Å². The van der Waals surface area contributed by atoms with Crippen LogP contribution in [0.2, 0.25) is 0 Å². The molecule has 0 radical (unpaired) electrons. The first-order valence-electron chi connectivity index (χ1n) is 33.4. The van der Waals surface area contributed by atoms with Crippen molar-refractivity contribution in [2.45, 2.75) is 240 Å². The molecular formula is C62H109N7O30. The Balaban J connectivity index is 0.000000488. The number of esters is 1. The molecule has 4 amide bonds. The maximum atomic E-state index is 13.0. The summed E-state index contributed by atoms with van der Waals surface area (Å²) < 4.78 is 74.5. The van der Waals surface area contributed by atoms with Crippen molar-refractivity contribution < 1.29 is 146 Å². The number of aliphatic hydroxyl groups is 8. The monoisotopic (exact) mass is 1430 g/mol. The van der Waals surface area contributed by atoms with Crippen LogP contribution < -0.4 is 37.6 Å². The zero-order chi connectivity index (χ0) is 73.6. The molecule has 25 unspecified atom stereocenters. The fraction of sp³-hybridized carbons (Fsp3) is 0.855. The second-order valence-electron chi connectivity index (χ2n) is 24.8. The molecular weight excluding hydrogens is 1320 g/mol. The van der Waals surface area contributed by atoms with Gasteiger partial charge in [0.15, 0.2) is 25.2 Å². The molecule has 5 aliphatic heterocycles. The highest BCUT2D eigenvalue weighted by Crippen LogP contribution is 2.35. The van der Waals surface area contributed by atoms with E-state index in [0.717, 1.165) is 25.7 Å². The first kappa shape index (κ1) is 86.5. The molecule has 99 heavy (non-hydrogen) atoms. The van der Waals surface area contributed by atoms with Gasteiger partial charge in [0.1, 0.15) is 111 Å². The number of carboxylic acids is 2. The highest BCUT2D eigenvalue weighted by Gasteiger charge is 2.55. The number of ether oxygens (including phenoxy) is 13. The van der Waals surface area contributed by atoms with Gasteiger partial charge in [0, 0.05) is 65.1 Å². The van der Waals surface area contributed by atoms with E-state index in [0.29, 0.717) is 25.9 Å². The third-order valence-electron chi connectivity index (χ3n) is 17.1. The first-order chi connectivity index (χ1) is 47.1. The molecule has 0 spiro atoms. The van der Waals surface area contributed by atoms with Gasteiger partial charge in [-0.05, 0) is 26.7 Å². The third-order valence-corrected chi connectivity index (χ3v) is 17.1. The van der Waals surface area contributed by atoms with E-state index < -0.39 is 228 Å². The molecule has 0 bridgehead atoms. The number of nitrogens with two attached hydrogens (primary N) is 1. The predicted octanol–water partition coefficient (Wildman–Crippen LogP) is -6.16. The lowest BCUT2D eigenvalue weighted by molar-refractivity contribution is -0.344. The zero-order valence-corrected chi connectivity index (χ0v) is 57.5. The van der Waals surface area contributed by atoms with Crippen molar-refractivity contribution in [1.29, 1.82) is 0 Å². The van der Waals surface area contributed by atoms with Crippen LogP contribution in [-0.2, 0) is 95.1 Å². The number of amides is 4. The highest BCUT2D eigenvalue weighted by molar-refractivity contribution is 5.87. The van der Waals surface area contributed by atoms with E-state index >= 15 is 0 Å². The standard InChI is InChI=1S/C40H69N5O18.C22H40N2O12/c1-7-8-9-10-27(48)45-31-33(52)21(4)25(16-57-19-29(50)51)61-39(31)62-36-24(15-46)60-40(32(35(36)54)44-23(6)47)63-37-26(59-22(5)30(41)34(37)53)17-56-18-28(49)43-12-11-42-13-14-58-38(55)20(2)3;1-4-5-6-7-13(27)24-16-18(31)20(12(10-26)34-21(16)33-3)36-22-15(23-8-14(28)29)17(30)19(32-2)11(9-25)35-22/h21-22,24-26,30-37,39-40,42,46,52-54H,2,7-19,41H2,1,3-6H3,(H,43,49)(H,44,47)(H,45,48)(H,50,51);11-12,15-23,25-26,30-31H,4-10H2,1-3H3,(H,24,27)(H,28,29). The third kappa shape index (κ3) is 26.7. The number of aliphatic hydroxyl groups excluding tert-OH is 8. The Labute approximate surface area is 574 Å². The topological polar surface area (TPSA) is 540 Å². The molecule has 0 aromatic rings. The molecule has 0 aromatic heterocycles. The van der Waals surface area contributed by atoms with Gasteiger partial charge in [-0.2, -0.15) is 0 Å². The molecule has 0 aromatic carbocycles. The second-order valence-corrected chi connectivity index (χ2v) is 24.8. The molecule has 25 atom stereocenters. The number of aliphatic carboxylic acids is 2. The summed E-state index contributed by atoms with van der Waals surface area (Å²) in [6.07, 6.45) is -19.2. The summed E-state index contributed by atoms with van der Waals surface area (Å²) in [4.78, 5) is 84.2. The number of nitrogens with one attached hydrogen (secondary N) is 6. The van der Waals surface area contributed by atoms with Crippen LogP contribution in [0, 0.1) is 5.92 Å². The number of hydrogen-bond donors (Lipinski definition) is 17. The largest absolute Gasteiger partial charge is 0.480 e. The van der Waals surface area contributed by atoms with Crippen LogP contribution in [0.1, 0.15) is 92.9 Å². The van der Waals surface area contributed by atoms with Crippen molar-refractivity contribution in [3.8, 4) is 0 Å². The molecule has 5 saturated heterocycles. The Bertz CT molecular complexity index is 2470. The first-order valence-corrected chi connectivity index (χ1v) is 33.4. The number of methoxy groups -OCH3 is 2. The number of carboxylic acid groups (broad SMARTS) is 2. The summed E-state index contributed by atoms with van der Waals surface area (Å²) in [5, 5.41) is 121. The fourth-order valence-electron chi connectivity index (χ4n) is 11.6. The number of rotatable bonds is 40. The van der Waals surface area contributed by atoms with Gasteiger partial charge in [-0.15, -0.1) is 0 Å². The smallest absolute Gasteiger partial charge is 0.333 e. The minimum absolute atomic E-state index is 0.128. The number of hydrogen-bond acceptors (Lipinski definition) is 31. The van der Waals surface area contributed by atoms with E-state index in [1.165, 1.54) is 21.1 Å². The summed E-state index contributed by atoms with van der Waals surface area (Å²) in [6, 6.07) is -5.85. The average Bonchev–Trinajstić information content (AvgIpc) is 0.790. The minimum Gasteiger partial charge on any atom is -0.480 e. The summed E-state index contributed by atoms with van der Waals surface area (Å²) in [5.41, 5.74) is 6.53. The number of unbranched alkanes of at least 4 members (excludes halogenated alkanes) is 4. The van der Waals surface area contributed by atoms with E-state index in [2.05, 4.69) is 38.5 Å². The lowest BCUT2D eigenvalue weighted by Crippen LogP contribution is -2.70. The van der Waals surface area contributed by atoms with Crippen molar-refractivity contribution in [3.63, 3.8) is 0 Å². The van der Waals surface area contributed by atoms with Crippen LogP contribution in [0.5, 0.6) is 0 Å². The Morgan fingerprint density at radius 3 is 1.49 bits per heavy atom. The van der Waals surface area contributed by atoms with E-state index in [4.69, 9.17) is 77.5 Å². The van der Waals surface area contributed by atoms with Gasteiger partial charge in [-0.1, -0.05) is 53.0 Å². The van der Waals surface area contributed by atoms with Crippen LogP contribution in [0.3, 0.4) is 0 Å². The SMILES string of the molecule is C=C(C)C(=O)OCCNCCNC(=O)COCC1OC(C)C(N)C(O)C1OC1OC(CO)C(OC2OC(COCC(=O)O)C(C)C(O)C2NC(=O)CCCCC)C(O)C1NC(C)=O.CCCCCC(=O)NC1C(OC)OC(CO)C(OC2OC(CO)C(OC)C(O)C2NCC(=O)O)C1O. The summed E-state index contributed by atoms with van der Waals surface area (Å²) in [5.74, 6) is -5.48. The lowest BCUT2D eigenvalue weighted by Gasteiger charge is -2.50. The minimum atomic E-state index is -1.74. The van der Waals surface area contributed by atoms with Crippen LogP contribution in [0.4, 0.5) is 0 Å². The summed E-state index contributed by atoms with van der Waals surface area (Å²) in [6.45, 7) is 10.4. The van der Waals surface area contributed by atoms with Gasteiger partial charge in [0.05, 0.1) is 70.0 Å². The maximum absolute atomic E-state index is 13.0.